The number of aromatic nitrogens is 2. The van der Waals surface area contributed by atoms with Gasteiger partial charge in [-0.05, 0) is 111 Å². The van der Waals surface area contributed by atoms with Crippen LogP contribution in [0.15, 0.2) is 54.7 Å². The molecule has 2 aliphatic heterocycles. The molecule has 4 aromatic rings. The van der Waals surface area contributed by atoms with E-state index >= 15 is 0 Å². The highest BCUT2D eigenvalue weighted by Crippen LogP contribution is 2.42. The van der Waals surface area contributed by atoms with Crippen LogP contribution in [0.5, 0.6) is 5.75 Å². The molecule has 0 spiro atoms. The van der Waals surface area contributed by atoms with E-state index in [2.05, 4.69) is 54.3 Å². The average molecular weight is 1080 g/mol. The molecule has 1 saturated carbocycles. The van der Waals surface area contributed by atoms with Gasteiger partial charge in [-0.2, -0.15) is 81.0 Å². The van der Waals surface area contributed by atoms with Crippen molar-refractivity contribution in [3.8, 4) is 28.1 Å². The summed E-state index contributed by atoms with van der Waals surface area (Å²) < 4.78 is 14.2. The number of aromatic hydroxyl groups is 1. The Kier molecular flexibility index (Phi) is 25.7. The van der Waals surface area contributed by atoms with Crippen molar-refractivity contribution in [2.24, 2.45) is 23.0 Å². The highest BCUT2D eigenvalue weighted by Gasteiger charge is 2.40. The van der Waals surface area contributed by atoms with Crippen LogP contribution in [0, 0.1) is 17.3 Å². The Balaban J connectivity index is 0.00000408. The third-order valence-electron chi connectivity index (χ3n) is 13.5. The van der Waals surface area contributed by atoms with E-state index in [1.165, 1.54) is 9.91 Å². The molecule has 14 nitrogen and oxygen atoms in total. The minimum absolute atomic E-state index is 0. The number of likely N-dealkylation sites (N-methyl/N-ethyl adjacent to an activating group) is 1. The fourth-order valence-electron chi connectivity index (χ4n) is 10.1. The number of hydrogen-bond acceptors (Lipinski definition) is 10. The van der Waals surface area contributed by atoms with Crippen molar-refractivity contribution < 1.29 is 33.8 Å². The van der Waals surface area contributed by atoms with Crippen molar-refractivity contribution >= 4 is 116 Å². The van der Waals surface area contributed by atoms with E-state index in [1.54, 1.807) is 32.5 Å². The molecule has 0 radical (unpaired) electrons. The second-order valence-electron chi connectivity index (χ2n) is 19.2. The molecular weight excluding hydrogens is 1000 g/mol. The lowest BCUT2D eigenvalue weighted by atomic mass is 9.83. The van der Waals surface area contributed by atoms with Crippen molar-refractivity contribution in [2.45, 2.75) is 130 Å². The normalized spacial score (nSPS) is 20.7. The quantitative estimate of drug-likeness (QED) is 0.126. The first kappa shape index (κ1) is 64.8. The summed E-state index contributed by atoms with van der Waals surface area (Å²) in [5.74, 6) is -2.23. The average Bonchev–Trinajstić information content (AvgIpc) is 3.58. The fraction of sp³-hybridized carbons (Fsp3) is 0.540. The number of nitrogens with two attached hydrogens (primary N) is 1. The zero-order valence-corrected chi connectivity index (χ0v) is 47.8. The first-order valence-electron chi connectivity index (χ1n) is 23.0. The number of ether oxygens (including phenoxy) is 2. The van der Waals surface area contributed by atoms with E-state index in [4.69, 9.17) is 20.2 Å². The van der Waals surface area contributed by atoms with Gasteiger partial charge in [-0.25, -0.2) is 5.43 Å². The Morgan fingerprint density at radius 1 is 0.986 bits per heavy atom. The molecule has 20 heteroatoms. The predicted octanol–water partition coefficient (Wildman–Crippen LogP) is 7.13. The van der Waals surface area contributed by atoms with Crippen LogP contribution < -0.4 is 16.5 Å². The Hall–Kier alpha value is -3.21. The number of benzene rings is 2. The maximum absolute atomic E-state index is 14.7. The number of phenolic OH excluding ortho intramolecular Hbond substituents is 1. The minimum Gasteiger partial charge on any atom is -0.508 e. The highest BCUT2D eigenvalue weighted by molar-refractivity contribution is 7.60. The SMILES string of the molecule is CCn1c(-c2cccnc2[C@H](C)OC)c2c3cc(ccc31)-c1cc(O)cc(c1)C[C@H](NC(=O)[C@H](C(C)C)N(C)C(=O)[C@H]1CCCC[C@@H]1N)C(=O)N1CCC[C@H](N1)C(=O)OCC(C)(C)C2.S.S.S.S.S.S. The van der Waals surface area contributed by atoms with Crippen molar-refractivity contribution in [2.75, 3.05) is 27.3 Å². The lowest BCUT2D eigenvalue weighted by molar-refractivity contribution is -0.155. The van der Waals surface area contributed by atoms with Gasteiger partial charge in [0.25, 0.3) is 5.91 Å². The van der Waals surface area contributed by atoms with Crippen LogP contribution in [0.1, 0.15) is 103 Å². The number of amides is 3. The second-order valence-corrected chi connectivity index (χ2v) is 19.2. The number of nitrogens with one attached hydrogen (secondary N) is 2. The molecule has 3 aliphatic rings. The van der Waals surface area contributed by atoms with E-state index in [0.717, 1.165) is 63.8 Å². The number of phenols is 1. The number of fused-ring (bicyclic) bond motifs is 6. The van der Waals surface area contributed by atoms with E-state index < -0.39 is 41.3 Å². The molecule has 6 bridgehead atoms. The first-order chi connectivity index (χ1) is 30.5. The van der Waals surface area contributed by atoms with Crippen LogP contribution in [-0.4, -0.2) is 99.7 Å². The summed E-state index contributed by atoms with van der Waals surface area (Å²) in [5, 5.41) is 16.8. The van der Waals surface area contributed by atoms with E-state index in [9.17, 15) is 24.3 Å². The number of hydrazine groups is 1. The highest BCUT2D eigenvalue weighted by atomic mass is 32.1. The molecule has 4 heterocycles. The Labute approximate surface area is 456 Å². The Morgan fingerprint density at radius 2 is 1.69 bits per heavy atom. The van der Waals surface area contributed by atoms with Gasteiger partial charge in [0.05, 0.1) is 30.0 Å². The molecule has 0 unspecified atom stereocenters. The number of carbonyl (C=O) groups excluding carboxylic acids is 4. The van der Waals surface area contributed by atoms with Gasteiger partial charge >= 0.3 is 5.97 Å². The number of esters is 1. The molecule has 3 amide bonds. The van der Waals surface area contributed by atoms with Gasteiger partial charge in [0, 0.05) is 67.8 Å². The third kappa shape index (κ3) is 14.1. The molecule has 1 aliphatic carbocycles. The zero-order chi connectivity index (χ0) is 46.0. The maximum atomic E-state index is 14.7. The summed E-state index contributed by atoms with van der Waals surface area (Å²) in [6.45, 7) is 13.1. The van der Waals surface area contributed by atoms with Crippen molar-refractivity contribution in [1.29, 1.82) is 0 Å². The van der Waals surface area contributed by atoms with Crippen molar-refractivity contribution in [1.82, 2.24) is 30.2 Å². The van der Waals surface area contributed by atoms with Crippen LogP contribution >= 0.6 is 81.0 Å². The number of hydrogen-bond donors (Lipinski definition) is 4. The lowest BCUT2D eigenvalue weighted by Crippen LogP contribution is -2.62. The Bertz CT molecular complexity index is 2400. The summed E-state index contributed by atoms with van der Waals surface area (Å²) in [7, 11) is 3.32. The summed E-state index contributed by atoms with van der Waals surface area (Å²) in [6.07, 6.45) is 6.35. The molecule has 2 aromatic heterocycles. The van der Waals surface area contributed by atoms with Gasteiger partial charge in [0.15, 0.2) is 0 Å². The lowest BCUT2D eigenvalue weighted by Gasteiger charge is -2.38. The maximum Gasteiger partial charge on any atom is 0.324 e. The van der Waals surface area contributed by atoms with Gasteiger partial charge in [-0.3, -0.25) is 29.2 Å². The number of pyridine rings is 1. The molecule has 6 atom stereocenters. The predicted molar refractivity (Wildman–Crippen MR) is 309 cm³/mol. The monoisotopic (exact) mass is 1080 g/mol. The topological polar surface area (TPSA) is 181 Å². The molecular formula is C50H79N7O7S6. The summed E-state index contributed by atoms with van der Waals surface area (Å²) in [4.78, 5) is 63.3. The summed E-state index contributed by atoms with van der Waals surface area (Å²) in [5.41, 5.74) is 16.1. The second kappa shape index (κ2) is 27.7. The van der Waals surface area contributed by atoms with Gasteiger partial charge in [0.2, 0.25) is 11.8 Å². The van der Waals surface area contributed by atoms with Crippen molar-refractivity contribution in [3.05, 3.63) is 71.5 Å². The van der Waals surface area contributed by atoms with Gasteiger partial charge < -0.3 is 35.1 Å². The number of cyclic esters (lactones) is 1. The zero-order valence-electron chi connectivity index (χ0n) is 41.8. The van der Waals surface area contributed by atoms with E-state index in [-0.39, 0.29) is 130 Å². The largest absolute Gasteiger partial charge is 0.508 e. The molecule has 7 rings (SSSR count). The number of nitrogens with zero attached hydrogens (tertiary/aromatic N) is 4. The molecule has 2 aromatic carbocycles. The summed E-state index contributed by atoms with van der Waals surface area (Å²) in [6, 6.07) is 12.5. The minimum atomic E-state index is -1.12. The third-order valence-corrected chi connectivity index (χ3v) is 13.5. The van der Waals surface area contributed by atoms with E-state index in [1.807, 2.05) is 39.0 Å². The number of methoxy groups -OCH3 is 1. The van der Waals surface area contributed by atoms with Crippen LogP contribution in [-0.2, 0) is 48.0 Å². The molecule has 2 fully saturated rings. The first-order valence-corrected chi connectivity index (χ1v) is 23.0. The molecule has 5 N–H and O–H groups in total. The smallest absolute Gasteiger partial charge is 0.324 e. The number of carbonyl (C=O) groups is 4. The standard InChI is InChI=1S/C50H67N7O7.6H2S/c1-9-56-42-19-18-32-26-37(42)38(45(56)36-15-12-20-52-43(36)30(4)63-8)27-50(5,6)28-64-49(62)40-17-13-21-57(54-40)48(61)41(24-31-22-33(32)25-34(58)23-31)53-46(59)44(29(2)3)55(7)47(60)35-14-10-11-16-39(35)51;;;;;;/h12,15,18-20,22-23,25-26,29-30,35,39-41,44,54,58H,9-11,13-14,16-17,21,24,27-28,51H2,1-8H3,(H,53,59);6*1H2/t30-,35-,39-,40-,41-,44-;;;;;;/m0....../s1. The number of rotatable bonds is 9. The van der Waals surface area contributed by atoms with Gasteiger partial charge in [-0.15, -0.1) is 0 Å². The van der Waals surface area contributed by atoms with Gasteiger partial charge in [-0.1, -0.05) is 52.7 Å². The van der Waals surface area contributed by atoms with Crippen LogP contribution in [0.4, 0.5) is 0 Å². The molecule has 70 heavy (non-hydrogen) atoms. The Morgan fingerprint density at radius 3 is 2.34 bits per heavy atom. The van der Waals surface area contributed by atoms with Crippen molar-refractivity contribution in [3.63, 3.8) is 0 Å². The van der Waals surface area contributed by atoms with Crippen LogP contribution in [0.3, 0.4) is 0 Å². The molecule has 1 saturated heterocycles. The number of aryl methyl sites for hydroxylation is 1. The van der Waals surface area contributed by atoms with Gasteiger partial charge in [0.1, 0.15) is 23.9 Å². The summed E-state index contributed by atoms with van der Waals surface area (Å²) >= 11 is 0. The van der Waals surface area contributed by atoms with Crippen LogP contribution in [0.2, 0.25) is 0 Å². The van der Waals surface area contributed by atoms with Crippen LogP contribution in [0.25, 0.3) is 33.3 Å². The fourth-order valence-corrected chi connectivity index (χ4v) is 10.1. The molecule has 392 valence electrons. The van der Waals surface area contributed by atoms with E-state index in [0.29, 0.717) is 44.3 Å².